The van der Waals surface area contributed by atoms with E-state index in [1.54, 1.807) is 30.5 Å². The van der Waals surface area contributed by atoms with Crippen LogP contribution in [0.3, 0.4) is 0 Å². The summed E-state index contributed by atoms with van der Waals surface area (Å²) in [5, 5.41) is 23.9. The van der Waals surface area contributed by atoms with Gasteiger partial charge in [0.15, 0.2) is 0 Å². The Labute approximate surface area is 333 Å². The molecule has 56 heavy (non-hydrogen) atoms. The lowest BCUT2D eigenvalue weighted by molar-refractivity contribution is 0.215. The van der Waals surface area contributed by atoms with Gasteiger partial charge in [-0.2, -0.15) is 4.31 Å². The molecule has 4 aliphatic heterocycles. The second kappa shape index (κ2) is 18.3. The fourth-order valence-electron chi connectivity index (χ4n) is 6.45. The Kier molecular flexibility index (Phi) is 13.8. The van der Waals surface area contributed by atoms with Crippen LogP contribution in [0.25, 0.3) is 22.3 Å². The van der Waals surface area contributed by atoms with Crippen molar-refractivity contribution >= 4 is 42.2 Å². The summed E-state index contributed by atoms with van der Waals surface area (Å²) in [6, 6.07) is 22.5. The molecule has 0 unspecified atom stereocenters. The predicted octanol–water partition coefficient (Wildman–Crippen LogP) is 6.99. The third-order valence-corrected chi connectivity index (χ3v) is 11.5. The number of nitrogens with zero attached hydrogens (tertiary/aromatic N) is 3. The molecule has 2 saturated heterocycles. The highest BCUT2D eigenvalue weighted by atomic mass is 35.7. The zero-order valence-corrected chi connectivity index (χ0v) is 32.2. The van der Waals surface area contributed by atoms with Crippen LogP contribution in [0.5, 0.6) is 23.0 Å². The first kappa shape index (κ1) is 42.2. The van der Waals surface area contributed by atoms with Crippen LogP contribution >= 0.6 is 10.7 Å². The van der Waals surface area contributed by atoms with Crippen molar-refractivity contribution in [3.05, 3.63) is 119 Å². The SMILES string of the molecule is C.C=CS(=O)(=O)Cl.C=CS(=O)(=O)N1CC[C@H](Oc2cc(-c3ccc(O)cc3)cc3c2C=NC3)C1.Oc1ccc(-c2cc3c(c(O[C@H]4CCNC4)c2)C=NC3)cc1. The number of hydrogen-bond acceptors (Lipinski definition) is 11. The number of aromatic hydroxyl groups is 2. The number of nitrogens with one attached hydrogen (secondary N) is 1. The number of rotatable bonds is 9. The van der Waals surface area contributed by atoms with Crippen LogP contribution in [-0.4, -0.2) is 82.2 Å². The Morgan fingerprint density at radius 1 is 0.732 bits per heavy atom. The summed E-state index contributed by atoms with van der Waals surface area (Å²) in [6.45, 7) is 10.2. The van der Waals surface area contributed by atoms with E-state index in [2.05, 4.69) is 57.3 Å². The third kappa shape index (κ3) is 10.6. The molecule has 0 aliphatic carbocycles. The third-order valence-electron chi connectivity index (χ3n) is 9.30. The summed E-state index contributed by atoms with van der Waals surface area (Å²) in [6.07, 6.45) is 5.39. The van der Waals surface area contributed by atoms with E-state index in [1.165, 1.54) is 9.87 Å². The Balaban J connectivity index is 0.000000187. The number of aliphatic imine (C=N–C) groups is 2. The van der Waals surface area contributed by atoms with Gasteiger partial charge in [0, 0.05) is 58.1 Å². The minimum atomic E-state index is -3.43. The molecule has 15 heteroatoms. The first-order chi connectivity index (χ1) is 26.3. The number of fused-ring (bicyclic) bond motifs is 2. The van der Waals surface area contributed by atoms with Gasteiger partial charge < -0.3 is 25.0 Å². The molecule has 4 aliphatic rings. The number of phenolic OH excluding ortho intramolecular Hbond substituents is 2. The second-order valence-electron chi connectivity index (χ2n) is 13.1. The zero-order valence-electron chi connectivity index (χ0n) is 29.8. The summed E-state index contributed by atoms with van der Waals surface area (Å²) in [5.41, 5.74) is 8.44. The maximum absolute atomic E-state index is 12.0. The molecule has 0 amide bonds. The average molecular weight is 821 g/mol. The molecule has 2 atom stereocenters. The predicted molar refractivity (Wildman–Crippen MR) is 223 cm³/mol. The van der Waals surface area contributed by atoms with Crippen LogP contribution in [0.1, 0.15) is 42.5 Å². The van der Waals surface area contributed by atoms with Crippen molar-refractivity contribution in [3.8, 4) is 45.3 Å². The molecule has 0 aromatic heterocycles. The van der Waals surface area contributed by atoms with E-state index in [-0.39, 0.29) is 31.1 Å². The highest BCUT2D eigenvalue weighted by Crippen LogP contribution is 2.36. The topological polar surface area (TPSA) is 167 Å². The molecule has 0 radical (unpaired) electrons. The minimum Gasteiger partial charge on any atom is -0.508 e. The minimum absolute atomic E-state index is 0. The number of ether oxygens (including phenoxy) is 2. The molecule has 0 bridgehead atoms. The van der Waals surface area contributed by atoms with Crippen molar-refractivity contribution in [1.82, 2.24) is 9.62 Å². The van der Waals surface area contributed by atoms with Crippen LogP contribution in [0.2, 0.25) is 0 Å². The Bertz CT molecular complexity index is 2310. The lowest BCUT2D eigenvalue weighted by Gasteiger charge is -2.18. The van der Waals surface area contributed by atoms with Crippen molar-refractivity contribution < 1.29 is 36.5 Å². The van der Waals surface area contributed by atoms with Gasteiger partial charge in [0.05, 0.1) is 19.6 Å². The maximum atomic E-state index is 12.0. The highest BCUT2D eigenvalue weighted by Gasteiger charge is 2.32. The molecule has 0 spiro atoms. The highest BCUT2D eigenvalue weighted by molar-refractivity contribution is 8.16. The van der Waals surface area contributed by atoms with Gasteiger partial charge in [0.2, 0.25) is 10.0 Å². The molecular weight excluding hydrogens is 776 g/mol. The molecule has 3 N–H and O–H groups in total. The molecule has 12 nitrogen and oxygen atoms in total. The van der Waals surface area contributed by atoms with Crippen LogP contribution < -0.4 is 14.8 Å². The summed E-state index contributed by atoms with van der Waals surface area (Å²) in [5.74, 6) is 2.12. The van der Waals surface area contributed by atoms with Crippen LogP contribution in [0.4, 0.5) is 0 Å². The molecular formula is C41H45ClN4O8S2. The lowest BCUT2D eigenvalue weighted by Crippen LogP contribution is -2.29. The van der Waals surface area contributed by atoms with Gasteiger partial charge in [0.1, 0.15) is 35.2 Å². The van der Waals surface area contributed by atoms with Crippen molar-refractivity contribution in [3.63, 3.8) is 0 Å². The summed E-state index contributed by atoms with van der Waals surface area (Å²) in [7, 11) is -2.28. The molecule has 8 rings (SSSR count). The van der Waals surface area contributed by atoms with E-state index in [9.17, 15) is 27.0 Å². The number of phenols is 2. The van der Waals surface area contributed by atoms with E-state index in [0.29, 0.717) is 43.8 Å². The zero-order chi connectivity index (χ0) is 39.2. The monoisotopic (exact) mass is 820 g/mol. The number of benzene rings is 4. The molecule has 4 heterocycles. The molecule has 4 aromatic rings. The van der Waals surface area contributed by atoms with Gasteiger partial charge in [-0.15, -0.1) is 0 Å². The van der Waals surface area contributed by atoms with Gasteiger partial charge in [-0.05, 0) is 101 Å². The first-order valence-electron chi connectivity index (χ1n) is 17.5. The summed E-state index contributed by atoms with van der Waals surface area (Å²) in [4.78, 5) is 8.71. The molecule has 0 saturated carbocycles. The fraction of sp³-hybridized carbons (Fsp3) is 0.268. The van der Waals surface area contributed by atoms with Gasteiger partial charge in [-0.25, -0.2) is 16.8 Å². The number of halogens is 1. The van der Waals surface area contributed by atoms with Crippen molar-refractivity contribution in [2.24, 2.45) is 9.98 Å². The van der Waals surface area contributed by atoms with Crippen molar-refractivity contribution in [1.29, 1.82) is 0 Å². The van der Waals surface area contributed by atoms with E-state index < -0.39 is 19.1 Å². The van der Waals surface area contributed by atoms with Crippen molar-refractivity contribution in [2.75, 3.05) is 26.2 Å². The van der Waals surface area contributed by atoms with E-state index in [4.69, 9.17) is 9.47 Å². The second-order valence-corrected chi connectivity index (χ2v) is 17.6. The number of sulfonamides is 1. The Morgan fingerprint density at radius 2 is 1.21 bits per heavy atom. The first-order valence-corrected chi connectivity index (χ1v) is 21.4. The van der Waals surface area contributed by atoms with Gasteiger partial charge in [-0.3, -0.25) is 9.98 Å². The molecule has 4 aromatic carbocycles. The Morgan fingerprint density at radius 3 is 1.64 bits per heavy atom. The lowest BCUT2D eigenvalue weighted by atomic mass is 9.99. The Hall–Kier alpha value is -4.99. The largest absolute Gasteiger partial charge is 0.508 e. The standard InChI is InChI=1S/C20H20N2O4S.C18H18N2O2.C2H3ClO2S.CH4/c1-2-27(24,25)22-8-7-18(13-22)26-20-10-15(9-16-11-21-12-19(16)20)14-3-5-17(23)6-4-14;21-15-3-1-12(2-4-15)13-7-14-9-20-11-17(14)18(8-13)22-16-5-6-19-10-16;1-2-6(3,4)5;/h2-6,9-10,12,18,23H,1,7-8,11,13H2;1-4,7-8,11,16,19,21H,5-6,9-10H2;2H,1H2;1H4/t18-;16-;;/m00../s1. The van der Waals surface area contributed by atoms with Crippen LogP contribution in [0, 0.1) is 0 Å². The van der Waals surface area contributed by atoms with Crippen LogP contribution in [-0.2, 0) is 32.2 Å². The van der Waals surface area contributed by atoms with E-state index in [0.717, 1.165) is 69.6 Å². The molecule has 296 valence electrons. The quantitative estimate of drug-likeness (QED) is 0.151. The maximum Gasteiger partial charge on any atom is 0.253 e. The normalized spacial score (nSPS) is 18.0. The smallest absolute Gasteiger partial charge is 0.253 e. The summed E-state index contributed by atoms with van der Waals surface area (Å²) >= 11 is 0. The summed E-state index contributed by atoms with van der Waals surface area (Å²) < 4.78 is 57.0. The van der Waals surface area contributed by atoms with Crippen LogP contribution in [0.15, 0.2) is 107 Å². The van der Waals surface area contributed by atoms with E-state index >= 15 is 0 Å². The van der Waals surface area contributed by atoms with Crippen molar-refractivity contribution in [2.45, 2.75) is 45.6 Å². The van der Waals surface area contributed by atoms with Gasteiger partial charge >= 0.3 is 0 Å². The van der Waals surface area contributed by atoms with Gasteiger partial charge in [-0.1, -0.05) is 44.8 Å². The van der Waals surface area contributed by atoms with Gasteiger partial charge in [0.25, 0.3) is 9.05 Å². The fourth-order valence-corrected chi connectivity index (χ4v) is 7.39. The average Bonchev–Trinajstić information content (AvgIpc) is 4.01. The van der Waals surface area contributed by atoms with E-state index in [1.807, 2.05) is 36.5 Å². The molecule has 2 fully saturated rings. The number of hydrogen-bond donors (Lipinski definition) is 3.